The Morgan fingerprint density at radius 2 is 1.84 bits per heavy atom. The van der Waals surface area contributed by atoms with Crippen LogP contribution in [0.25, 0.3) is 0 Å². The van der Waals surface area contributed by atoms with Crippen LogP contribution in [0, 0.1) is 0 Å². The number of esters is 1. The van der Waals surface area contributed by atoms with Crippen LogP contribution in [-0.2, 0) is 16.0 Å². The highest BCUT2D eigenvalue weighted by Crippen LogP contribution is 2.17. The Bertz CT molecular complexity index is 454. The van der Waals surface area contributed by atoms with Crippen molar-refractivity contribution in [3.63, 3.8) is 0 Å². The molecule has 19 heavy (non-hydrogen) atoms. The summed E-state index contributed by atoms with van der Waals surface area (Å²) in [5.74, 6) is -0.0704. The molecule has 0 aliphatic rings. The lowest BCUT2D eigenvalue weighted by Gasteiger charge is -2.26. The van der Waals surface area contributed by atoms with E-state index in [4.69, 9.17) is 16.3 Å². The molecule has 0 saturated heterocycles. The molecular formula is C14H18ClNO3. The van der Waals surface area contributed by atoms with E-state index in [2.05, 4.69) is 5.32 Å². The zero-order valence-electron chi connectivity index (χ0n) is 11.3. The number of carbonyl (C=O) groups excluding carboxylic acids is 2. The Morgan fingerprint density at radius 3 is 2.32 bits per heavy atom. The third kappa shape index (κ3) is 5.75. The van der Waals surface area contributed by atoms with E-state index in [1.807, 2.05) is 26.0 Å². The Hall–Kier alpha value is -1.55. The van der Waals surface area contributed by atoms with Crippen molar-refractivity contribution in [3.05, 3.63) is 29.8 Å². The van der Waals surface area contributed by atoms with Crippen molar-refractivity contribution in [3.8, 4) is 5.75 Å². The van der Waals surface area contributed by atoms with Gasteiger partial charge in [-0.05, 0) is 38.0 Å². The molecule has 4 nitrogen and oxygen atoms in total. The van der Waals surface area contributed by atoms with E-state index < -0.39 is 0 Å². The van der Waals surface area contributed by atoms with E-state index in [9.17, 15) is 9.59 Å². The minimum absolute atomic E-state index is 0.0468. The molecule has 0 bridgehead atoms. The highest BCUT2D eigenvalue weighted by Gasteiger charge is 2.20. The molecule has 1 aromatic carbocycles. The van der Waals surface area contributed by atoms with Gasteiger partial charge in [0.15, 0.2) is 0 Å². The summed E-state index contributed by atoms with van der Waals surface area (Å²) in [7, 11) is 0. The van der Waals surface area contributed by atoms with Gasteiger partial charge in [0.1, 0.15) is 11.6 Å². The molecule has 0 aliphatic heterocycles. The summed E-state index contributed by atoms with van der Waals surface area (Å²) in [4.78, 5) is 22.1. The first-order valence-corrected chi connectivity index (χ1v) is 6.50. The summed E-state index contributed by atoms with van der Waals surface area (Å²) in [6.45, 7) is 5.22. The maximum atomic E-state index is 11.3. The minimum Gasteiger partial charge on any atom is -0.427 e. The minimum atomic E-state index is -0.380. The molecule has 0 aromatic heterocycles. The lowest BCUT2D eigenvalue weighted by atomic mass is 9.95. The van der Waals surface area contributed by atoms with Crippen LogP contribution in [0.5, 0.6) is 5.75 Å². The van der Waals surface area contributed by atoms with Crippen LogP contribution >= 0.6 is 11.6 Å². The zero-order valence-corrected chi connectivity index (χ0v) is 12.1. The van der Waals surface area contributed by atoms with Gasteiger partial charge < -0.3 is 10.1 Å². The maximum absolute atomic E-state index is 11.3. The molecule has 104 valence electrons. The summed E-state index contributed by atoms with van der Waals surface area (Å²) < 4.78 is 4.96. The number of hydrogen-bond acceptors (Lipinski definition) is 3. The lowest BCUT2D eigenvalue weighted by molar-refractivity contribution is -0.131. The average molecular weight is 284 g/mol. The number of ether oxygens (including phenoxy) is 1. The average Bonchev–Trinajstić information content (AvgIpc) is 2.30. The molecule has 0 aliphatic carbocycles. The van der Waals surface area contributed by atoms with Gasteiger partial charge in [-0.15, -0.1) is 11.6 Å². The van der Waals surface area contributed by atoms with E-state index in [0.717, 1.165) is 5.56 Å². The summed E-state index contributed by atoms with van der Waals surface area (Å²) in [6, 6.07) is 7.20. The Labute approximate surface area is 118 Å². The van der Waals surface area contributed by atoms with Crippen molar-refractivity contribution in [2.24, 2.45) is 0 Å². The first kappa shape index (κ1) is 15.5. The number of hydrogen-bond donors (Lipinski definition) is 1. The number of amides is 1. The second kappa shape index (κ2) is 6.57. The molecule has 0 unspecified atom stereocenters. The number of rotatable bonds is 5. The van der Waals surface area contributed by atoms with Gasteiger partial charge >= 0.3 is 5.97 Å². The van der Waals surface area contributed by atoms with Gasteiger partial charge in [-0.1, -0.05) is 12.1 Å². The second-order valence-corrected chi connectivity index (χ2v) is 5.25. The first-order chi connectivity index (χ1) is 8.82. The van der Waals surface area contributed by atoms with Gasteiger partial charge in [0.25, 0.3) is 0 Å². The van der Waals surface area contributed by atoms with Crippen LogP contribution in [-0.4, -0.2) is 23.3 Å². The summed E-state index contributed by atoms with van der Waals surface area (Å²) in [5.41, 5.74) is 0.658. The SMILES string of the molecule is CC(=O)Oc1ccc(CC(C)(C)NC(=O)CCl)cc1. The van der Waals surface area contributed by atoms with Gasteiger partial charge in [-0.2, -0.15) is 0 Å². The molecule has 0 atom stereocenters. The van der Waals surface area contributed by atoms with Crippen molar-refractivity contribution < 1.29 is 14.3 Å². The molecule has 0 saturated carbocycles. The van der Waals surface area contributed by atoms with Crippen LogP contribution in [0.4, 0.5) is 0 Å². The topological polar surface area (TPSA) is 55.4 Å². The fourth-order valence-corrected chi connectivity index (χ4v) is 1.87. The molecule has 0 fully saturated rings. The Balaban J connectivity index is 2.66. The number of carbonyl (C=O) groups is 2. The number of halogens is 1. The lowest BCUT2D eigenvalue weighted by Crippen LogP contribution is -2.45. The Kier molecular flexibility index (Phi) is 5.36. The number of benzene rings is 1. The molecule has 0 heterocycles. The second-order valence-electron chi connectivity index (χ2n) is 4.98. The van der Waals surface area contributed by atoms with Crippen LogP contribution < -0.4 is 10.1 Å². The van der Waals surface area contributed by atoms with Gasteiger partial charge in [-0.25, -0.2) is 0 Å². The fourth-order valence-electron chi connectivity index (χ4n) is 1.81. The molecule has 1 amide bonds. The smallest absolute Gasteiger partial charge is 0.308 e. The third-order valence-corrected chi connectivity index (χ3v) is 2.67. The zero-order chi connectivity index (χ0) is 14.5. The normalized spacial score (nSPS) is 10.9. The molecule has 5 heteroatoms. The molecule has 1 aromatic rings. The fraction of sp³-hybridized carbons (Fsp3) is 0.429. The van der Waals surface area contributed by atoms with Gasteiger partial charge in [0, 0.05) is 12.5 Å². The number of nitrogens with one attached hydrogen (secondary N) is 1. The van der Waals surface area contributed by atoms with Crippen LogP contribution in [0.3, 0.4) is 0 Å². The van der Waals surface area contributed by atoms with Crippen molar-refractivity contribution in [1.82, 2.24) is 5.32 Å². The predicted molar refractivity (Wildman–Crippen MR) is 74.4 cm³/mol. The van der Waals surface area contributed by atoms with Crippen molar-refractivity contribution in [1.29, 1.82) is 0 Å². The molecule has 1 N–H and O–H groups in total. The summed E-state index contributed by atoms with van der Waals surface area (Å²) in [5, 5.41) is 2.85. The first-order valence-electron chi connectivity index (χ1n) is 5.97. The predicted octanol–water partition coefficient (Wildman–Crippen LogP) is 2.29. The standard InChI is InChI=1S/C14H18ClNO3/c1-10(17)19-12-6-4-11(5-7-12)8-14(2,3)16-13(18)9-15/h4-7H,8-9H2,1-3H3,(H,16,18). The van der Waals surface area contributed by atoms with Crippen molar-refractivity contribution in [2.75, 3.05) is 5.88 Å². The Morgan fingerprint density at radius 1 is 1.26 bits per heavy atom. The largest absolute Gasteiger partial charge is 0.427 e. The van der Waals surface area contributed by atoms with E-state index >= 15 is 0 Å². The molecule has 1 rings (SSSR count). The van der Waals surface area contributed by atoms with Crippen molar-refractivity contribution in [2.45, 2.75) is 32.7 Å². The van der Waals surface area contributed by atoms with E-state index in [1.165, 1.54) is 6.92 Å². The van der Waals surface area contributed by atoms with Gasteiger partial charge in [0.05, 0.1) is 0 Å². The summed E-state index contributed by atoms with van der Waals surface area (Å²) in [6.07, 6.45) is 0.663. The molecular weight excluding hydrogens is 266 g/mol. The quantitative estimate of drug-likeness (QED) is 0.512. The van der Waals surface area contributed by atoms with Crippen LogP contribution in [0.15, 0.2) is 24.3 Å². The summed E-state index contributed by atoms with van der Waals surface area (Å²) >= 11 is 5.47. The number of alkyl halides is 1. The van der Waals surface area contributed by atoms with E-state index in [-0.39, 0.29) is 23.3 Å². The van der Waals surface area contributed by atoms with Crippen molar-refractivity contribution >= 4 is 23.5 Å². The highest BCUT2D eigenvalue weighted by atomic mass is 35.5. The molecule has 0 radical (unpaired) electrons. The van der Waals surface area contributed by atoms with Crippen LogP contribution in [0.1, 0.15) is 26.3 Å². The van der Waals surface area contributed by atoms with E-state index in [0.29, 0.717) is 12.2 Å². The monoisotopic (exact) mass is 283 g/mol. The maximum Gasteiger partial charge on any atom is 0.308 e. The van der Waals surface area contributed by atoms with E-state index in [1.54, 1.807) is 12.1 Å². The van der Waals surface area contributed by atoms with Gasteiger partial charge in [-0.3, -0.25) is 9.59 Å². The highest BCUT2D eigenvalue weighted by molar-refractivity contribution is 6.27. The van der Waals surface area contributed by atoms with Crippen LogP contribution in [0.2, 0.25) is 0 Å². The third-order valence-electron chi connectivity index (χ3n) is 2.43. The van der Waals surface area contributed by atoms with Gasteiger partial charge in [0.2, 0.25) is 5.91 Å². The molecule has 0 spiro atoms.